The summed E-state index contributed by atoms with van der Waals surface area (Å²) in [4.78, 5) is 0. The van der Waals surface area contributed by atoms with Crippen molar-refractivity contribution in [2.24, 2.45) is 0 Å². The zero-order chi connectivity index (χ0) is 8.48. The first kappa shape index (κ1) is 12.9. The minimum atomic E-state index is -4.98. The Hall–Kier alpha value is 0.921. The number of ether oxygens (including phenoxy) is 1. The van der Waals surface area contributed by atoms with Gasteiger partial charge in [0.15, 0.2) is 5.88 Å². The Bertz CT molecular complexity index is 253. The van der Waals surface area contributed by atoms with E-state index in [2.05, 4.69) is 9.11 Å². The van der Waals surface area contributed by atoms with Crippen LogP contribution in [0.25, 0.3) is 0 Å². The molecule has 0 aliphatic rings. The molecule has 1 aromatic rings. The molecule has 1 aromatic heterocycles. The SMILES string of the molecule is COc1nscc1[B-](F)(F)F.[K+]. The second kappa shape index (κ2) is 4.97. The van der Waals surface area contributed by atoms with Crippen LogP contribution in [-0.4, -0.2) is 18.5 Å². The molecule has 0 aliphatic carbocycles. The van der Waals surface area contributed by atoms with Crippen LogP contribution in [0.5, 0.6) is 5.88 Å². The van der Waals surface area contributed by atoms with Gasteiger partial charge in [0.05, 0.1) is 7.11 Å². The third kappa shape index (κ3) is 3.00. The average Bonchev–Trinajstić information content (AvgIpc) is 2.31. The second-order valence-electron chi connectivity index (χ2n) is 1.85. The van der Waals surface area contributed by atoms with Gasteiger partial charge in [0, 0.05) is 0 Å². The topological polar surface area (TPSA) is 22.1 Å². The maximum Gasteiger partial charge on any atom is 1.00 e. The van der Waals surface area contributed by atoms with E-state index in [1.807, 2.05) is 0 Å². The van der Waals surface area contributed by atoms with Crippen LogP contribution < -0.4 is 61.6 Å². The first-order valence-corrected chi connectivity index (χ1v) is 3.57. The molecule has 0 radical (unpaired) electrons. The van der Waals surface area contributed by atoms with Gasteiger partial charge in [-0.2, -0.15) is 4.37 Å². The van der Waals surface area contributed by atoms with Crippen LogP contribution in [0, 0.1) is 0 Å². The zero-order valence-electron chi connectivity index (χ0n) is 6.55. The maximum absolute atomic E-state index is 12.0. The average molecular weight is 221 g/mol. The van der Waals surface area contributed by atoms with Gasteiger partial charge in [0.25, 0.3) is 0 Å². The van der Waals surface area contributed by atoms with Gasteiger partial charge in [-0.15, -0.1) is 0 Å². The molecule has 1 heterocycles. The normalized spacial score (nSPS) is 10.7. The van der Waals surface area contributed by atoms with E-state index in [4.69, 9.17) is 0 Å². The molecule has 2 nitrogen and oxygen atoms in total. The van der Waals surface area contributed by atoms with Crippen LogP contribution >= 0.6 is 11.5 Å². The number of hydrogen-bond donors (Lipinski definition) is 0. The fourth-order valence-corrected chi connectivity index (χ4v) is 1.30. The summed E-state index contributed by atoms with van der Waals surface area (Å²) in [7, 11) is 1.17. The molecule has 0 aliphatic heterocycles. The molecular formula is C4H4BF3KNOS. The predicted molar refractivity (Wildman–Crippen MR) is 37.4 cm³/mol. The van der Waals surface area contributed by atoms with Crippen molar-refractivity contribution in [2.75, 3.05) is 7.11 Å². The minimum absolute atomic E-state index is 0. The number of hydrogen-bond acceptors (Lipinski definition) is 3. The molecule has 0 fully saturated rings. The van der Waals surface area contributed by atoms with E-state index in [0.29, 0.717) is 0 Å². The summed E-state index contributed by atoms with van der Waals surface area (Å²) < 4.78 is 43.9. The predicted octanol–water partition coefficient (Wildman–Crippen LogP) is -1.79. The molecule has 12 heavy (non-hydrogen) atoms. The molecule has 0 bridgehead atoms. The molecular weight excluding hydrogens is 217 g/mol. The van der Waals surface area contributed by atoms with E-state index in [1.165, 1.54) is 7.11 Å². The first-order valence-electron chi connectivity index (χ1n) is 2.74. The van der Waals surface area contributed by atoms with Crippen LogP contribution in [0.4, 0.5) is 12.9 Å². The van der Waals surface area contributed by atoms with Crippen LogP contribution in [0.2, 0.25) is 0 Å². The summed E-state index contributed by atoms with van der Waals surface area (Å²) in [6, 6.07) is 0. The molecule has 8 heteroatoms. The molecule has 0 unspecified atom stereocenters. The van der Waals surface area contributed by atoms with Crippen LogP contribution in [0.3, 0.4) is 0 Å². The van der Waals surface area contributed by atoms with Gasteiger partial charge in [-0.3, -0.25) is 0 Å². The molecule has 0 saturated heterocycles. The summed E-state index contributed by atoms with van der Waals surface area (Å²) in [6.45, 7) is -4.98. The first-order chi connectivity index (χ1) is 5.05. The zero-order valence-corrected chi connectivity index (χ0v) is 10.5. The number of aromatic nitrogens is 1. The number of halogens is 3. The maximum atomic E-state index is 12.0. The Morgan fingerprint density at radius 3 is 2.42 bits per heavy atom. The molecule has 0 aromatic carbocycles. The van der Waals surface area contributed by atoms with E-state index in [1.54, 1.807) is 0 Å². The third-order valence-corrected chi connectivity index (χ3v) is 1.74. The summed E-state index contributed by atoms with van der Waals surface area (Å²) in [5, 5.41) is 0.943. The van der Waals surface area contributed by atoms with Crippen molar-refractivity contribution in [3.05, 3.63) is 5.38 Å². The van der Waals surface area contributed by atoms with Gasteiger partial charge in [-0.1, -0.05) is 0 Å². The summed E-state index contributed by atoms with van der Waals surface area (Å²) >= 11 is 0.738. The summed E-state index contributed by atoms with van der Waals surface area (Å²) in [5.41, 5.74) is -0.752. The van der Waals surface area contributed by atoms with Gasteiger partial charge < -0.3 is 17.7 Å². The molecule has 0 saturated carbocycles. The standard InChI is InChI=1S/C4H4BF3NOS.K/c1-10-4-3(2-11-9-4)5(6,7)8;/h2H,1H3;/q-1;+1. The number of rotatable bonds is 2. The van der Waals surface area contributed by atoms with Crippen molar-refractivity contribution < 1.29 is 69.1 Å². The van der Waals surface area contributed by atoms with Crippen LogP contribution in [0.15, 0.2) is 5.38 Å². The van der Waals surface area contributed by atoms with Crippen molar-refractivity contribution in [3.63, 3.8) is 0 Å². The molecule has 0 spiro atoms. The fraction of sp³-hybridized carbons (Fsp3) is 0.250. The second-order valence-corrected chi connectivity index (χ2v) is 2.48. The monoisotopic (exact) mass is 221 g/mol. The van der Waals surface area contributed by atoms with Crippen molar-refractivity contribution in [1.82, 2.24) is 4.37 Å². The molecule has 0 amide bonds. The summed E-state index contributed by atoms with van der Waals surface area (Å²) in [5.74, 6) is -0.331. The van der Waals surface area contributed by atoms with Crippen LogP contribution in [0.1, 0.15) is 0 Å². The molecule has 62 valence electrons. The van der Waals surface area contributed by atoms with E-state index in [0.717, 1.165) is 16.9 Å². The Labute approximate surface area is 114 Å². The van der Waals surface area contributed by atoms with Crippen molar-refractivity contribution >= 4 is 24.0 Å². The Morgan fingerprint density at radius 2 is 2.08 bits per heavy atom. The smallest absolute Gasteiger partial charge is 0.482 e. The molecule has 0 atom stereocenters. The van der Waals surface area contributed by atoms with E-state index >= 15 is 0 Å². The third-order valence-electron chi connectivity index (χ3n) is 1.11. The fourth-order valence-electron chi connectivity index (χ4n) is 0.606. The van der Waals surface area contributed by atoms with Gasteiger partial charge in [-0.25, -0.2) is 0 Å². The Kier molecular flexibility index (Phi) is 5.35. The summed E-state index contributed by atoms with van der Waals surface area (Å²) in [6.07, 6.45) is 0. The quantitative estimate of drug-likeness (QED) is 0.550. The van der Waals surface area contributed by atoms with E-state index < -0.39 is 12.4 Å². The van der Waals surface area contributed by atoms with Crippen molar-refractivity contribution in [3.8, 4) is 5.88 Å². The van der Waals surface area contributed by atoms with Gasteiger partial charge in [0.1, 0.15) is 0 Å². The Morgan fingerprint density at radius 1 is 1.50 bits per heavy atom. The van der Waals surface area contributed by atoms with E-state index in [9.17, 15) is 12.9 Å². The minimum Gasteiger partial charge on any atom is -0.482 e. The van der Waals surface area contributed by atoms with Crippen molar-refractivity contribution in [1.29, 1.82) is 0 Å². The molecule has 0 N–H and O–H groups in total. The molecule has 1 rings (SSSR count). The number of nitrogens with zero attached hydrogens (tertiary/aromatic N) is 1. The van der Waals surface area contributed by atoms with Gasteiger partial charge in [-0.05, 0) is 22.4 Å². The largest absolute Gasteiger partial charge is 1.00 e. The van der Waals surface area contributed by atoms with Gasteiger partial charge >= 0.3 is 58.4 Å². The van der Waals surface area contributed by atoms with Crippen LogP contribution in [-0.2, 0) is 0 Å². The van der Waals surface area contributed by atoms with Crippen molar-refractivity contribution in [2.45, 2.75) is 0 Å². The Balaban J connectivity index is 0.00000121. The van der Waals surface area contributed by atoms with E-state index in [-0.39, 0.29) is 57.3 Å². The number of methoxy groups -OCH3 is 1. The van der Waals surface area contributed by atoms with Gasteiger partial charge in [0.2, 0.25) is 0 Å².